The topological polar surface area (TPSA) is 36.1 Å². The van der Waals surface area contributed by atoms with Gasteiger partial charge < -0.3 is 0 Å². The Bertz CT molecular complexity index is 395. The molecule has 0 aliphatic heterocycles. The molecule has 0 spiro atoms. The van der Waals surface area contributed by atoms with Crippen molar-refractivity contribution in [3.05, 3.63) is 30.3 Å². The number of rotatable bonds is 1. The van der Waals surface area contributed by atoms with Gasteiger partial charge in [0.1, 0.15) is 0 Å². The van der Waals surface area contributed by atoms with Crippen molar-refractivity contribution >= 4 is 43.4 Å². The van der Waals surface area contributed by atoms with Crippen LogP contribution in [0, 0.1) is 11.3 Å². The zero-order valence-corrected chi connectivity index (χ0v) is 13.7. The third kappa shape index (κ3) is 10.6. The zero-order valence-electron chi connectivity index (χ0n) is 7.70. The van der Waals surface area contributed by atoms with Crippen molar-refractivity contribution in [1.29, 1.82) is 5.26 Å². The van der Waals surface area contributed by atoms with E-state index in [-0.39, 0.29) is 0 Å². The van der Waals surface area contributed by atoms with Gasteiger partial charge in [0, 0.05) is 6.92 Å². The van der Waals surface area contributed by atoms with Gasteiger partial charge in [-0.05, 0) is 0 Å². The Morgan fingerprint density at radius 3 is 1.87 bits per heavy atom. The molecule has 84 valence electrons. The first-order valence-corrected chi connectivity index (χ1v) is 19.5. The van der Waals surface area contributed by atoms with Crippen LogP contribution in [0.2, 0.25) is 0 Å². The second-order valence-corrected chi connectivity index (χ2v) is 34.9. The van der Waals surface area contributed by atoms with Gasteiger partial charge in [-0.25, -0.2) is 0 Å². The van der Waals surface area contributed by atoms with Crippen LogP contribution >= 0.6 is 37.7 Å². The van der Waals surface area contributed by atoms with Gasteiger partial charge >= 0.3 is 87.6 Å². The molecule has 0 aliphatic rings. The Hall–Kier alpha value is 0.358. The number of halogens is 4. The quantitative estimate of drug-likeness (QED) is 0.561. The molecule has 7 heteroatoms. The van der Waals surface area contributed by atoms with E-state index in [0.717, 1.165) is 0 Å². The SMILES string of the molecule is CC#N.[Cl][W]([Cl])([Cl])([Cl])=[N]c1ccccc1. The fourth-order valence-electron chi connectivity index (χ4n) is 0.648. The molecule has 0 amide bonds. The summed E-state index contributed by atoms with van der Waals surface area (Å²) in [7, 11) is 18.0. The number of nitrogens with zero attached hydrogens (tertiary/aromatic N) is 2. The van der Waals surface area contributed by atoms with Crippen molar-refractivity contribution in [3.63, 3.8) is 0 Å². The third-order valence-electron chi connectivity index (χ3n) is 1.000. The summed E-state index contributed by atoms with van der Waals surface area (Å²) in [6, 6.07) is 10.7. The molecule has 1 aromatic rings. The third-order valence-corrected chi connectivity index (χ3v) is 5.01. The van der Waals surface area contributed by atoms with E-state index >= 15 is 0 Å². The maximum atomic E-state index is 7.32. The summed E-state index contributed by atoms with van der Waals surface area (Å²) in [5.74, 6) is 0. The van der Waals surface area contributed by atoms with Gasteiger partial charge in [0.25, 0.3) is 0 Å². The molecular weight excluding hydrogens is 450 g/mol. The standard InChI is InChI=1S/C6H5N.C2H3N.4ClH.W/c7-6-4-2-1-3-5-6;1-2-3;;;;;/h1-5H;1H3;4*1H;/q;;;;;;+4/p-4. The molecule has 2 nitrogen and oxygen atoms in total. The predicted octanol–water partition coefficient (Wildman–Crippen LogP) is 5.34. The molecule has 15 heavy (non-hydrogen) atoms. The first-order chi connectivity index (χ1) is 6.74. The fraction of sp³-hybridized carbons (Fsp3) is 0.125. The zero-order chi connectivity index (χ0) is 12.0. The van der Waals surface area contributed by atoms with E-state index < -0.39 is 10.5 Å². The predicted molar refractivity (Wildman–Crippen MR) is 63.2 cm³/mol. The first-order valence-electron chi connectivity index (χ1n) is 3.66. The Kier molecular flexibility index (Phi) is 6.33. The normalized spacial score (nSPS) is 12.4. The van der Waals surface area contributed by atoms with Gasteiger partial charge in [0.2, 0.25) is 0 Å². The second kappa shape index (κ2) is 6.18. The molecule has 0 fully saturated rings. The van der Waals surface area contributed by atoms with Gasteiger partial charge in [-0.15, -0.1) is 0 Å². The number of hydrogen-bond acceptors (Lipinski definition) is 2. The van der Waals surface area contributed by atoms with Crippen LogP contribution in [0.3, 0.4) is 0 Å². The van der Waals surface area contributed by atoms with Gasteiger partial charge in [-0.3, -0.25) is 0 Å². The fourth-order valence-corrected chi connectivity index (χ4v) is 4.84. The molecule has 0 saturated carbocycles. The molecule has 0 unspecified atom stereocenters. The molecule has 0 bridgehead atoms. The van der Waals surface area contributed by atoms with Crippen molar-refractivity contribution in [3.8, 4) is 6.07 Å². The molecular formula is C8H8Cl4N2W. The first kappa shape index (κ1) is 15.4. The van der Waals surface area contributed by atoms with Crippen LogP contribution in [0.1, 0.15) is 6.92 Å². The van der Waals surface area contributed by atoms with Crippen LogP contribution in [-0.4, -0.2) is 0 Å². The monoisotopic (exact) mass is 456 g/mol. The number of benzene rings is 1. The van der Waals surface area contributed by atoms with Gasteiger partial charge in [0.15, 0.2) is 0 Å². The minimum atomic E-state index is -4.65. The molecule has 0 aliphatic carbocycles. The van der Waals surface area contributed by atoms with Crippen molar-refractivity contribution < 1.29 is 10.5 Å². The molecule has 0 radical (unpaired) electrons. The summed E-state index contributed by atoms with van der Waals surface area (Å²) in [6.45, 7) is 1.43. The molecule has 1 aromatic carbocycles. The number of hydrogen-bond donors (Lipinski definition) is 0. The maximum absolute atomic E-state index is 7.32. The molecule has 1 rings (SSSR count). The average Bonchev–Trinajstić information content (AvgIpc) is 2.02. The molecule has 0 atom stereocenters. The molecule has 0 heterocycles. The van der Waals surface area contributed by atoms with Crippen molar-refractivity contribution in [2.75, 3.05) is 0 Å². The van der Waals surface area contributed by atoms with Crippen molar-refractivity contribution in [1.82, 2.24) is 0 Å². The Morgan fingerprint density at radius 1 is 1.13 bits per heavy atom. The molecule has 0 N–H and O–H groups in total. The summed E-state index contributed by atoms with van der Waals surface area (Å²) in [5.41, 5.74) is 0.609. The van der Waals surface area contributed by atoms with Crippen LogP contribution in [0.25, 0.3) is 0 Å². The van der Waals surface area contributed by atoms with E-state index in [1.165, 1.54) is 6.92 Å². The molecule has 0 saturated heterocycles. The van der Waals surface area contributed by atoms with E-state index in [4.69, 9.17) is 42.9 Å². The summed E-state index contributed by atoms with van der Waals surface area (Å²) < 4.78 is 3.89. The van der Waals surface area contributed by atoms with E-state index in [0.29, 0.717) is 5.69 Å². The van der Waals surface area contributed by atoms with Gasteiger partial charge in [0.05, 0.1) is 6.07 Å². The minimum absolute atomic E-state index is 0.609. The van der Waals surface area contributed by atoms with Crippen LogP contribution < -0.4 is 0 Å². The van der Waals surface area contributed by atoms with E-state index in [1.807, 2.05) is 6.07 Å². The Labute approximate surface area is 105 Å². The van der Waals surface area contributed by atoms with E-state index in [1.54, 1.807) is 30.3 Å². The summed E-state index contributed by atoms with van der Waals surface area (Å²) >= 11 is 0. The van der Waals surface area contributed by atoms with Crippen LogP contribution in [0.4, 0.5) is 5.69 Å². The summed E-state index contributed by atoms with van der Waals surface area (Å²) in [4.78, 5) is 0. The Morgan fingerprint density at radius 2 is 1.53 bits per heavy atom. The van der Waals surface area contributed by atoms with Gasteiger partial charge in [-0.1, -0.05) is 0 Å². The van der Waals surface area contributed by atoms with Crippen molar-refractivity contribution in [2.24, 2.45) is 3.50 Å². The van der Waals surface area contributed by atoms with E-state index in [2.05, 4.69) is 3.50 Å². The van der Waals surface area contributed by atoms with E-state index in [9.17, 15) is 0 Å². The number of nitriles is 1. The van der Waals surface area contributed by atoms with Gasteiger partial charge in [-0.2, -0.15) is 5.26 Å². The second-order valence-electron chi connectivity index (χ2n) is 2.28. The van der Waals surface area contributed by atoms with Crippen LogP contribution in [0.15, 0.2) is 33.8 Å². The summed E-state index contributed by atoms with van der Waals surface area (Å²) in [5, 5.41) is 7.32. The van der Waals surface area contributed by atoms with Crippen molar-refractivity contribution in [2.45, 2.75) is 6.92 Å². The Balaban J connectivity index is 0.000000583. The average molecular weight is 458 g/mol. The molecule has 0 aromatic heterocycles. The summed E-state index contributed by atoms with van der Waals surface area (Å²) in [6.07, 6.45) is 0. The van der Waals surface area contributed by atoms with Crippen LogP contribution in [0.5, 0.6) is 0 Å². The van der Waals surface area contributed by atoms with Crippen LogP contribution in [-0.2, 0) is 10.5 Å².